The van der Waals surface area contributed by atoms with E-state index in [1.807, 2.05) is 26.8 Å². The Bertz CT molecular complexity index is 766. The molecule has 0 radical (unpaired) electrons. The number of carbonyl (C=O) groups is 1. The third kappa shape index (κ3) is 4.20. The third-order valence-corrected chi connectivity index (χ3v) is 4.96. The van der Waals surface area contributed by atoms with Crippen LogP contribution in [0, 0.1) is 6.92 Å². The molecule has 0 saturated carbocycles. The molecule has 2 rings (SSSR count). The van der Waals surface area contributed by atoms with Gasteiger partial charge in [-0.3, -0.25) is 14.2 Å². The van der Waals surface area contributed by atoms with Crippen molar-refractivity contribution in [2.75, 3.05) is 12.3 Å². The zero-order chi connectivity index (χ0) is 17.7. The third-order valence-electron chi connectivity index (χ3n) is 4.00. The van der Waals surface area contributed by atoms with Crippen LogP contribution in [-0.4, -0.2) is 32.7 Å². The van der Waals surface area contributed by atoms with Crippen LogP contribution in [0.2, 0.25) is 0 Å². The molecule has 0 bridgehead atoms. The Morgan fingerprint density at radius 1 is 1.46 bits per heavy atom. The average Bonchev–Trinajstić information content (AvgIpc) is 2.93. The Morgan fingerprint density at radius 3 is 2.88 bits per heavy atom. The van der Waals surface area contributed by atoms with Gasteiger partial charge in [0.15, 0.2) is 5.16 Å². The maximum absolute atomic E-state index is 12.8. The normalized spacial score (nSPS) is 12.5. The number of hydrogen-bond donors (Lipinski definition) is 2. The van der Waals surface area contributed by atoms with Crippen molar-refractivity contribution in [1.82, 2.24) is 19.9 Å². The Balaban J connectivity index is 2.27. The average molecular weight is 350 g/mol. The Labute approximate surface area is 146 Å². The van der Waals surface area contributed by atoms with Crippen LogP contribution in [0.25, 0.3) is 11.0 Å². The summed E-state index contributed by atoms with van der Waals surface area (Å²) in [5.74, 6) is 0.241. The number of nitrogens with zero attached hydrogens (tertiary/aromatic N) is 2. The van der Waals surface area contributed by atoms with Crippen molar-refractivity contribution in [3.63, 3.8) is 0 Å². The van der Waals surface area contributed by atoms with Crippen LogP contribution in [-0.2, 0) is 4.79 Å². The van der Waals surface area contributed by atoms with E-state index in [1.54, 1.807) is 4.57 Å². The Hall–Kier alpha value is -1.76. The smallest absolute Gasteiger partial charge is 0.278 e. The molecule has 0 fully saturated rings. The molecule has 24 heavy (non-hydrogen) atoms. The van der Waals surface area contributed by atoms with E-state index in [0.29, 0.717) is 22.7 Å². The van der Waals surface area contributed by atoms with Gasteiger partial charge in [-0.25, -0.2) is 4.98 Å². The fourth-order valence-electron chi connectivity index (χ4n) is 2.45. The lowest BCUT2D eigenvalue weighted by atomic mass is 10.2. The standard InChI is InChI=1S/C17H26N4O2S/c1-5-7-8-18-14(22)10-24-17-20-13-9-11(3)19-15(13)16(23)21(17)12(4)6-2/h9,12,19H,5-8,10H2,1-4H3,(H,18,22)/t12-/m0/s1. The molecule has 2 heterocycles. The van der Waals surface area contributed by atoms with Gasteiger partial charge >= 0.3 is 0 Å². The zero-order valence-electron chi connectivity index (χ0n) is 14.8. The molecule has 1 amide bonds. The van der Waals surface area contributed by atoms with Crippen LogP contribution in [0.1, 0.15) is 51.8 Å². The fourth-order valence-corrected chi connectivity index (χ4v) is 3.38. The minimum Gasteiger partial charge on any atom is -0.355 e. The largest absolute Gasteiger partial charge is 0.355 e. The molecule has 0 aliphatic carbocycles. The number of aromatic nitrogens is 3. The number of unbranched alkanes of at least 4 members (excludes halogenated alkanes) is 1. The summed E-state index contributed by atoms with van der Waals surface area (Å²) in [5, 5.41) is 3.49. The molecule has 0 aromatic carbocycles. The van der Waals surface area contributed by atoms with Crippen LogP contribution in [0.5, 0.6) is 0 Å². The van der Waals surface area contributed by atoms with Crippen LogP contribution < -0.4 is 10.9 Å². The first-order chi connectivity index (χ1) is 11.5. The predicted octanol–water partition coefficient (Wildman–Crippen LogP) is 3.01. The first-order valence-corrected chi connectivity index (χ1v) is 9.47. The van der Waals surface area contributed by atoms with Gasteiger partial charge in [0.05, 0.1) is 11.3 Å². The second-order valence-electron chi connectivity index (χ2n) is 6.03. The first-order valence-electron chi connectivity index (χ1n) is 8.49. The molecule has 0 saturated heterocycles. The molecule has 7 heteroatoms. The van der Waals surface area contributed by atoms with E-state index in [0.717, 1.165) is 25.0 Å². The number of H-pyrrole nitrogens is 1. The van der Waals surface area contributed by atoms with Crippen molar-refractivity contribution >= 4 is 28.7 Å². The van der Waals surface area contributed by atoms with Gasteiger partial charge in [-0.2, -0.15) is 0 Å². The maximum Gasteiger partial charge on any atom is 0.278 e. The van der Waals surface area contributed by atoms with E-state index in [4.69, 9.17) is 0 Å². The maximum atomic E-state index is 12.8. The Morgan fingerprint density at radius 2 is 2.21 bits per heavy atom. The molecular formula is C17H26N4O2S. The van der Waals surface area contributed by atoms with E-state index in [2.05, 4.69) is 22.2 Å². The fraction of sp³-hybridized carbons (Fsp3) is 0.588. The quantitative estimate of drug-likeness (QED) is 0.436. The highest BCUT2D eigenvalue weighted by atomic mass is 32.2. The molecule has 0 unspecified atom stereocenters. The number of nitrogens with one attached hydrogen (secondary N) is 2. The number of carbonyl (C=O) groups excluding carboxylic acids is 1. The van der Waals surface area contributed by atoms with Gasteiger partial charge in [0.2, 0.25) is 5.91 Å². The number of amides is 1. The monoisotopic (exact) mass is 350 g/mol. The minimum atomic E-state index is -0.0728. The number of aromatic amines is 1. The molecule has 132 valence electrons. The molecule has 2 aromatic heterocycles. The van der Waals surface area contributed by atoms with E-state index < -0.39 is 0 Å². The summed E-state index contributed by atoms with van der Waals surface area (Å²) in [6.45, 7) is 8.72. The summed E-state index contributed by atoms with van der Waals surface area (Å²) in [5.41, 5.74) is 2.02. The zero-order valence-corrected chi connectivity index (χ0v) is 15.6. The SMILES string of the molecule is CCCCNC(=O)CSc1nc2cc(C)[nH]c2c(=O)n1[C@@H](C)CC. The second-order valence-corrected chi connectivity index (χ2v) is 6.97. The van der Waals surface area contributed by atoms with Crippen LogP contribution in [0.3, 0.4) is 0 Å². The van der Waals surface area contributed by atoms with Crippen LogP contribution >= 0.6 is 11.8 Å². The number of aryl methyl sites for hydroxylation is 1. The van der Waals surface area contributed by atoms with Crippen molar-refractivity contribution in [1.29, 1.82) is 0 Å². The van der Waals surface area contributed by atoms with Gasteiger partial charge in [-0.1, -0.05) is 32.0 Å². The predicted molar refractivity (Wildman–Crippen MR) is 98.7 cm³/mol. The highest BCUT2D eigenvalue weighted by Gasteiger charge is 2.17. The van der Waals surface area contributed by atoms with Gasteiger partial charge < -0.3 is 10.3 Å². The van der Waals surface area contributed by atoms with Crippen molar-refractivity contribution in [3.8, 4) is 0 Å². The van der Waals surface area contributed by atoms with Gasteiger partial charge in [0.25, 0.3) is 5.56 Å². The summed E-state index contributed by atoms with van der Waals surface area (Å²) in [6, 6.07) is 1.90. The Kier molecular flexibility index (Phi) is 6.48. The lowest BCUT2D eigenvalue weighted by Gasteiger charge is -2.17. The topological polar surface area (TPSA) is 79.8 Å². The summed E-state index contributed by atoms with van der Waals surface area (Å²) in [4.78, 5) is 32.4. The van der Waals surface area contributed by atoms with Gasteiger partial charge in [-0.15, -0.1) is 0 Å². The van der Waals surface area contributed by atoms with Crippen LogP contribution in [0.15, 0.2) is 16.0 Å². The van der Waals surface area contributed by atoms with Gasteiger partial charge in [0, 0.05) is 18.3 Å². The molecule has 0 aliphatic heterocycles. The molecular weight excluding hydrogens is 324 g/mol. The summed E-state index contributed by atoms with van der Waals surface area (Å²) < 4.78 is 1.70. The summed E-state index contributed by atoms with van der Waals surface area (Å²) >= 11 is 1.32. The first kappa shape index (κ1) is 18.6. The number of fused-ring (bicyclic) bond motifs is 1. The van der Waals surface area contributed by atoms with Crippen molar-refractivity contribution in [2.45, 2.75) is 58.2 Å². The summed E-state index contributed by atoms with van der Waals surface area (Å²) in [6.07, 6.45) is 2.84. The van der Waals surface area contributed by atoms with Crippen LogP contribution in [0.4, 0.5) is 0 Å². The van der Waals surface area contributed by atoms with Crippen molar-refractivity contribution < 1.29 is 4.79 Å². The van der Waals surface area contributed by atoms with Gasteiger partial charge in [-0.05, 0) is 32.8 Å². The molecule has 0 spiro atoms. The van der Waals surface area contributed by atoms with Crippen molar-refractivity contribution in [2.24, 2.45) is 0 Å². The number of rotatable bonds is 8. The van der Waals surface area contributed by atoms with E-state index in [9.17, 15) is 9.59 Å². The van der Waals surface area contributed by atoms with E-state index in [1.165, 1.54) is 11.8 Å². The second kappa shape index (κ2) is 8.37. The molecule has 2 aromatic rings. The lowest BCUT2D eigenvalue weighted by molar-refractivity contribution is -0.118. The molecule has 6 nitrogen and oxygen atoms in total. The summed E-state index contributed by atoms with van der Waals surface area (Å²) in [7, 11) is 0. The van der Waals surface area contributed by atoms with Gasteiger partial charge in [0.1, 0.15) is 5.52 Å². The van der Waals surface area contributed by atoms with E-state index >= 15 is 0 Å². The molecule has 0 aliphatic rings. The van der Waals surface area contributed by atoms with Crippen molar-refractivity contribution in [3.05, 3.63) is 22.1 Å². The highest BCUT2D eigenvalue weighted by Crippen LogP contribution is 2.22. The molecule has 2 N–H and O–H groups in total. The lowest BCUT2D eigenvalue weighted by Crippen LogP contribution is -2.28. The minimum absolute atomic E-state index is 0.0243. The molecule has 1 atom stereocenters. The highest BCUT2D eigenvalue weighted by molar-refractivity contribution is 7.99. The van der Waals surface area contributed by atoms with E-state index in [-0.39, 0.29) is 23.3 Å². The number of hydrogen-bond acceptors (Lipinski definition) is 4. The number of thioether (sulfide) groups is 1.